The minimum atomic E-state index is -0.0451. The molecule has 3 rings (SSSR count). The van der Waals surface area contributed by atoms with Gasteiger partial charge in [-0.3, -0.25) is 9.36 Å². The summed E-state index contributed by atoms with van der Waals surface area (Å²) in [7, 11) is 1.61. The molecule has 0 aliphatic carbocycles. The highest BCUT2D eigenvalue weighted by Gasteiger charge is 2.16. The summed E-state index contributed by atoms with van der Waals surface area (Å²) >= 11 is 1.39. The van der Waals surface area contributed by atoms with E-state index >= 15 is 0 Å². The molecule has 0 fully saturated rings. The van der Waals surface area contributed by atoms with Crippen LogP contribution in [0.2, 0.25) is 0 Å². The molecule has 1 heterocycles. The van der Waals surface area contributed by atoms with Crippen molar-refractivity contribution in [2.75, 3.05) is 26.0 Å². The number of hydrogen-bond acceptors (Lipinski definition) is 5. The zero-order chi connectivity index (χ0) is 20.5. The van der Waals surface area contributed by atoms with Gasteiger partial charge >= 0.3 is 0 Å². The fraction of sp³-hybridized carbons (Fsp3) is 0.318. The summed E-state index contributed by atoms with van der Waals surface area (Å²) < 4.78 is 7.01. The fourth-order valence-corrected chi connectivity index (χ4v) is 3.68. The minimum Gasteiger partial charge on any atom is -0.383 e. The lowest BCUT2D eigenvalue weighted by molar-refractivity contribution is -0.118. The molecule has 1 aromatic heterocycles. The largest absolute Gasteiger partial charge is 0.383 e. The highest BCUT2D eigenvalue weighted by molar-refractivity contribution is 7.99. The third kappa shape index (κ3) is 6.17. The Morgan fingerprint density at radius 1 is 1.07 bits per heavy atom. The van der Waals surface area contributed by atoms with Crippen LogP contribution < -0.4 is 5.32 Å². The Morgan fingerprint density at radius 2 is 1.83 bits per heavy atom. The first-order valence-electron chi connectivity index (χ1n) is 9.61. The van der Waals surface area contributed by atoms with Crippen LogP contribution in [0.5, 0.6) is 0 Å². The van der Waals surface area contributed by atoms with Crippen molar-refractivity contribution in [3.8, 4) is 5.69 Å². The van der Waals surface area contributed by atoms with Gasteiger partial charge in [-0.2, -0.15) is 0 Å². The lowest BCUT2D eigenvalue weighted by atomic mass is 10.1. The predicted octanol–water partition coefficient (Wildman–Crippen LogP) is 3.22. The number of carbonyl (C=O) groups is 1. The van der Waals surface area contributed by atoms with Gasteiger partial charge in [-0.05, 0) is 31.0 Å². The van der Waals surface area contributed by atoms with Crippen molar-refractivity contribution >= 4 is 17.7 Å². The maximum atomic E-state index is 12.1. The predicted molar refractivity (Wildman–Crippen MR) is 116 cm³/mol. The molecule has 0 aliphatic rings. The van der Waals surface area contributed by atoms with Crippen LogP contribution in [-0.2, 0) is 22.4 Å². The Labute approximate surface area is 175 Å². The van der Waals surface area contributed by atoms with Gasteiger partial charge in [0.25, 0.3) is 0 Å². The van der Waals surface area contributed by atoms with Crippen molar-refractivity contribution in [1.82, 2.24) is 20.1 Å². The van der Waals surface area contributed by atoms with E-state index in [0.29, 0.717) is 13.2 Å². The molecule has 0 aliphatic heterocycles. The lowest BCUT2D eigenvalue weighted by Crippen LogP contribution is -2.28. The zero-order valence-electron chi connectivity index (χ0n) is 16.8. The fourth-order valence-electron chi connectivity index (χ4n) is 2.88. The third-order valence-electron chi connectivity index (χ3n) is 4.43. The minimum absolute atomic E-state index is 0.0451. The van der Waals surface area contributed by atoms with Crippen molar-refractivity contribution in [2.45, 2.75) is 24.9 Å². The Bertz CT molecular complexity index is 910. The van der Waals surface area contributed by atoms with Crippen molar-refractivity contribution in [3.05, 3.63) is 71.5 Å². The maximum Gasteiger partial charge on any atom is 0.230 e. The number of thioether (sulfide) groups is 1. The number of amides is 1. The van der Waals surface area contributed by atoms with Crippen LogP contribution in [0.25, 0.3) is 5.69 Å². The summed E-state index contributed by atoms with van der Waals surface area (Å²) in [4.78, 5) is 12.1. The number of carbonyl (C=O) groups excluding carboxylic acids is 1. The molecule has 0 saturated heterocycles. The number of ether oxygens (including phenoxy) is 1. The summed E-state index contributed by atoms with van der Waals surface area (Å²) in [6, 6.07) is 18.6. The van der Waals surface area contributed by atoms with E-state index in [1.165, 1.54) is 22.9 Å². The first kappa shape index (κ1) is 21.1. The number of aryl methyl sites for hydroxylation is 3. The number of aromatic nitrogens is 3. The second-order valence-electron chi connectivity index (χ2n) is 6.69. The Balaban J connectivity index is 1.75. The maximum absolute atomic E-state index is 12.1. The van der Waals surface area contributed by atoms with E-state index in [1.54, 1.807) is 7.11 Å². The highest BCUT2D eigenvalue weighted by Crippen LogP contribution is 2.23. The van der Waals surface area contributed by atoms with Crippen LogP contribution in [0, 0.1) is 6.92 Å². The second kappa shape index (κ2) is 10.8. The second-order valence-corrected chi connectivity index (χ2v) is 7.63. The molecule has 0 atom stereocenters. The molecular formula is C22H26N4O2S. The lowest BCUT2D eigenvalue weighted by Gasteiger charge is -2.11. The van der Waals surface area contributed by atoms with Crippen molar-refractivity contribution in [3.63, 3.8) is 0 Å². The van der Waals surface area contributed by atoms with E-state index in [0.717, 1.165) is 29.5 Å². The summed E-state index contributed by atoms with van der Waals surface area (Å²) in [5.74, 6) is 1.13. The summed E-state index contributed by atoms with van der Waals surface area (Å²) in [5, 5.41) is 12.3. The van der Waals surface area contributed by atoms with Crippen LogP contribution >= 0.6 is 11.8 Å². The summed E-state index contributed by atoms with van der Waals surface area (Å²) in [5.41, 5.74) is 3.46. The normalized spacial score (nSPS) is 10.8. The van der Waals surface area contributed by atoms with Gasteiger partial charge in [-0.25, -0.2) is 0 Å². The van der Waals surface area contributed by atoms with Gasteiger partial charge in [0.1, 0.15) is 5.82 Å². The van der Waals surface area contributed by atoms with Crippen LogP contribution in [0.15, 0.2) is 59.8 Å². The van der Waals surface area contributed by atoms with Crippen LogP contribution in [-0.4, -0.2) is 46.7 Å². The van der Waals surface area contributed by atoms with Gasteiger partial charge in [0.2, 0.25) is 5.91 Å². The first-order chi connectivity index (χ1) is 14.2. The molecule has 0 unspecified atom stereocenters. The molecule has 0 bridgehead atoms. The van der Waals surface area contributed by atoms with Gasteiger partial charge in [0.05, 0.1) is 12.4 Å². The molecular weight excluding hydrogens is 384 g/mol. The molecule has 152 valence electrons. The highest BCUT2D eigenvalue weighted by atomic mass is 32.2. The molecule has 6 nitrogen and oxygen atoms in total. The van der Waals surface area contributed by atoms with Gasteiger partial charge in [0.15, 0.2) is 5.16 Å². The number of methoxy groups -OCH3 is 1. The third-order valence-corrected chi connectivity index (χ3v) is 5.36. The van der Waals surface area contributed by atoms with E-state index in [1.807, 2.05) is 18.2 Å². The quantitative estimate of drug-likeness (QED) is 0.411. The van der Waals surface area contributed by atoms with E-state index in [2.05, 4.69) is 63.4 Å². The number of hydrogen-bond donors (Lipinski definition) is 1. The van der Waals surface area contributed by atoms with Crippen molar-refractivity contribution in [2.24, 2.45) is 0 Å². The van der Waals surface area contributed by atoms with E-state index in [-0.39, 0.29) is 11.7 Å². The first-order valence-corrected chi connectivity index (χ1v) is 10.6. The summed E-state index contributed by atoms with van der Waals surface area (Å²) in [6.07, 6.45) is 1.65. The molecule has 3 aromatic rings. The number of nitrogens with zero attached hydrogens (tertiary/aromatic N) is 3. The van der Waals surface area contributed by atoms with Crippen molar-refractivity contribution in [1.29, 1.82) is 0 Å². The zero-order valence-corrected chi connectivity index (χ0v) is 17.6. The van der Waals surface area contributed by atoms with E-state index in [9.17, 15) is 4.79 Å². The molecule has 0 radical (unpaired) electrons. The Hall–Kier alpha value is -2.64. The van der Waals surface area contributed by atoms with Crippen LogP contribution in [0.4, 0.5) is 0 Å². The number of rotatable bonds is 10. The molecule has 29 heavy (non-hydrogen) atoms. The summed E-state index contributed by atoms with van der Waals surface area (Å²) in [6.45, 7) is 3.06. The average Bonchev–Trinajstić information content (AvgIpc) is 3.15. The smallest absolute Gasteiger partial charge is 0.230 e. The van der Waals surface area contributed by atoms with Crippen molar-refractivity contribution < 1.29 is 9.53 Å². The van der Waals surface area contributed by atoms with Crippen LogP contribution in [0.3, 0.4) is 0 Å². The Morgan fingerprint density at radius 3 is 2.55 bits per heavy atom. The van der Waals surface area contributed by atoms with Gasteiger partial charge in [0, 0.05) is 25.8 Å². The molecule has 7 heteroatoms. The standard InChI is InChI=1S/C22H26N4O2S/c1-17-8-11-19(12-9-17)26-20(13-10-18-6-4-3-5-7-18)24-25-22(26)29-16-21(27)23-14-15-28-2/h3-9,11-12H,10,13-16H2,1-2H3,(H,23,27). The Kier molecular flexibility index (Phi) is 7.84. The molecule has 1 N–H and O–H groups in total. The van der Waals surface area contributed by atoms with E-state index in [4.69, 9.17) is 4.74 Å². The van der Waals surface area contributed by atoms with Gasteiger partial charge in [-0.1, -0.05) is 59.8 Å². The SMILES string of the molecule is COCCNC(=O)CSc1nnc(CCc2ccccc2)n1-c1ccc(C)cc1. The number of benzene rings is 2. The molecule has 1 amide bonds. The van der Waals surface area contributed by atoms with Gasteiger partial charge < -0.3 is 10.1 Å². The topological polar surface area (TPSA) is 69.0 Å². The van der Waals surface area contributed by atoms with Crippen LogP contribution in [0.1, 0.15) is 17.0 Å². The monoisotopic (exact) mass is 410 g/mol. The molecule has 0 spiro atoms. The average molecular weight is 411 g/mol. The number of nitrogens with one attached hydrogen (secondary N) is 1. The van der Waals surface area contributed by atoms with E-state index < -0.39 is 0 Å². The molecule has 0 saturated carbocycles. The molecule has 2 aromatic carbocycles. The van der Waals surface area contributed by atoms with Gasteiger partial charge in [-0.15, -0.1) is 10.2 Å².